The summed E-state index contributed by atoms with van der Waals surface area (Å²) in [6.45, 7) is 4.61. The number of halogens is 2. The first kappa shape index (κ1) is 19.1. The van der Waals surface area contributed by atoms with E-state index < -0.39 is 0 Å². The SMILES string of the molecule is CC(C)CN=C(NC(=O)c1cccc(Cl)c1)NC1NNc2cc(F)ccc21. The summed E-state index contributed by atoms with van der Waals surface area (Å²) >= 11 is 5.96. The Morgan fingerprint density at radius 1 is 1.30 bits per heavy atom. The second kappa shape index (κ2) is 8.37. The molecular formula is C19H21ClFN5O. The molecule has 0 radical (unpaired) electrons. The van der Waals surface area contributed by atoms with E-state index in [1.165, 1.54) is 12.1 Å². The van der Waals surface area contributed by atoms with Crippen LogP contribution >= 0.6 is 11.6 Å². The van der Waals surface area contributed by atoms with Crippen molar-refractivity contribution in [1.29, 1.82) is 0 Å². The lowest BCUT2D eigenvalue weighted by molar-refractivity contribution is 0.0975. The maximum absolute atomic E-state index is 13.4. The zero-order valence-electron chi connectivity index (χ0n) is 15.0. The topological polar surface area (TPSA) is 77.5 Å². The van der Waals surface area contributed by atoms with Crippen LogP contribution in [0.5, 0.6) is 0 Å². The molecule has 0 bridgehead atoms. The minimum atomic E-state index is -0.369. The van der Waals surface area contributed by atoms with Crippen LogP contribution in [0.4, 0.5) is 10.1 Å². The molecule has 0 spiro atoms. The molecule has 1 amide bonds. The lowest BCUT2D eigenvalue weighted by atomic mass is 10.1. The number of carbonyl (C=O) groups is 1. The van der Waals surface area contributed by atoms with Gasteiger partial charge in [0.1, 0.15) is 12.0 Å². The Labute approximate surface area is 162 Å². The number of carbonyl (C=O) groups excluding carboxylic acids is 1. The number of guanidine groups is 1. The molecule has 4 N–H and O–H groups in total. The van der Waals surface area contributed by atoms with E-state index in [0.717, 1.165) is 5.56 Å². The van der Waals surface area contributed by atoms with Gasteiger partial charge in [-0.25, -0.2) is 9.82 Å². The molecule has 1 aliphatic heterocycles. The largest absolute Gasteiger partial charge is 0.335 e. The first-order valence-electron chi connectivity index (χ1n) is 8.61. The number of anilines is 1. The van der Waals surface area contributed by atoms with Gasteiger partial charge in [-0.05, 0) is 36.2 Å². The summed E-state index contributed by atoms with van der Waals surface area (Å²) in [6, 6.07) is 11.1. The van der Waals surface area contributed by atoms with Crippen LogP contribution in [0.1, 0.15) is 35.9 Å². The summed E-state index contributed by atoms with van der Waals surface area (Å²) in [5.74, 6) is -0.00415. The first-order chi connectivity index (χ1) is 12.9. The Morgan fingerprint density at radius 2 is 2.11 bits per heavy atom. The number of fused-ring (bicyclic) bond motifs is 1. The van der Waals surface area contributed by atoms with E-state index in [2.05, 4.69) is 26.5 Å². The molecule has 3 rings (SSSR count). The van der Waals surface area contributed by atoms with E-state index in [1.54, 1.807) is 30.3 Å². The fraction of sp³-hybridized carbons (Fsp3) is 0.263. The fourth-order valence-corrected chi connectivity index (χ4v) is 2.76. The molecule has 6 nitrogen and oxygen atoms in total. The van der Waals surface area contributed by atoms with Gasteiger partial charge in [0, 0.05) is 22.7 Å². The zero-order valence-corrected chi connectivity index (χ0v) is 15.8. The quantitative estimate of drug-likeness (QED) is 0.477. The zero-order chi connectivity index (χ0) is 19.4. The van der Waals surface area contributed by atoms with Crippen LogP contribution in [-0.2, 0) is 0 Å². The Morgan fingerprint density at radius 3 is 2.85 bits per heavy atom. The van der Waals surface area contributed by atoms with Gasteiger partial charge in [-0.15, -0.1) is 0 Å². The second-order valence-electron chi connectivity index (χ2n) is 6.63. The van der Waals surface area contributed by atoms with Gasteiger partial charge in [-0.1, -0.05) is 37.6 Å². The normalized spacial score (nSPS) is 16.0. The van der Waals surface area contributed by atoms with Crippen LogP contribution in [0.3, 0.4) is 0 Å². The number of hydrazine groups is 1. The lowest BCUT2D eigenvalue weighted by Gasteiger charge is -2.18. The average molecular weight is 390 g/mol. The van der Waals surface area contributed by atoms with E-state index >= 15 is 0 Å². The van der Waals surface area contributed by atoms with Gasteiger partial charge < -0.3 is 10.7 Å². The molecule has 1 atom stereocenters. The second-order valence-corrected chi connectivity index (χ2v) is 7.06. The smallest absolute Gasteiger partial charge is 0.257 e. The minimum absolute atomic E-state index is 0.320. The van der Waals surface area contributed by atoms with Crippen molar-refractivity contribution in [3.8, 4) is 0 Å². The Kier molecular flexibility index (Phi) is 5.93. The van der Waals surface area contributed by atoms with Crippen molar-refractivity contribution in [3.63, 3.8) is 0 Å². The van der Waals surface area contributed by atoms with Crippen LogP contribution in [0.15, 0.2) is 47.5 Å². The van der Waals surface area contributed by atoms with Gasteiger partial charge >= 0.3 is 0 Å². The molecule has 2 aromatic carbocycles. The van der Waals surface area contributed by atoms with E-state index in [4.69, 9.17) is 11.6 Å². The molecule has 0 aromatic heterocycles. The Bertz CT molecular complexity index is 871. The molecule has 1 unspecified atom stereocenters. The predicted octanol–water partition coefficient (Wildman–Crippen LogP) is 3.44. The summed E-state index contributed by atoms with van der Waals surface area (Å²) in [4.78, 5) is 17.0. The fourth-order valence-electron chi connectivity index (χ4n) is 2.57. The van der Waals surface area contributed by atoms with Crippen LogP contribution in [0.2, 0.25) is 5.02 Å². The average Bonchev–Trinajstić information content (AvgIpc) is 3.01. The molecule has 27 heavy (non-hydrogen) atoms. The van der Waals surface area contributed by atoms with Crippen molar-refractivity contribution < 1.29 is 9.18 Å². The third-order valence-corrected chi connectivity index (χ3v) is 4.13. The summed E-state index contributed by atoms with van der Waals surface area (Å²) in [6.07, 6.45) is -0.369. The molecular weight excluding hydrogens is 369 g/mol. The third kappa shape index (κ3) is 4.96. The number of benzene rings is 2. The highest BCUT2D eigenvalue weighted by atomic mass is 35.5. The van der Waals surface area contributed by atoms with Crippen LogP contribution in [0.25, 0.3) is 0 Å². The monoisotopic (exact) mass is 389 g/mol. The molecule has 0 saturated carbocycles. The molecule has 1 heterocycles. The Hall–Kier alpha value is -2.64. The molecule has 0 aliphatic carbocycles. The molecule has 2 aromatic rings. The minimum Gasteiger partial charge on any atom is -0.335 e. The summed E-state index contributed by atoms with van der Waals surface area (Å²) in [5.41, 5.74) is 7.82. The van der Waals surface area contributed by atoms with Gasteiger partial charge in [-0.2, -0.15) is 0 Å². The van der Waals surface area contributed by atoms with Crippen molar-refractivity contribution in [1.82, 2.24) is 16.1 Å². The number of nitrogens with zero attached hydrogens (tertiary/aromatic N) is 1. The third-order valence-electron chi connectivity index (χ3n) is 3.89. The first-order valence-corrected chi connectivity index (χ1v) is 8.99. The number of amides is 1. The number of aliphatic imine (C=N–C) groups is 1. The maximum Gasteiger partial charge on any atom is 0.257 e. The number of rotatable bonds is 4. The van der Waals surface area contributed by atoms with Crippen molar-refractivity contribution in [3.05, 3.63) is 64.4 Å². The highest BCUT2D eigenvalue weighted by Gasteiger charge is 2.23. The van der Waals surface area contributed by atoms with Crippen LogP contribution in [-0.4, -0.2) is 18.4 Å². The summed E-state index contributed by atoms with van der Waals surface area (Å²) in [5, 5.41) is 6.42. The van der Waals surface area contributed by atoms with Crippen LogP contribution < -0.4 is 21.5 Å². The van der Waals surface area contributed by atoms with Gasteiger partial charge in [0.15, 0.2) is 5.96 Å². The standard InChI is InChI=1S/C19H21ClFN5O/c1-11(2)10-22-19(24-18(27)12-4-3-5-13(20)8-12)23-17-15-7-6-14(21)9-16(15)25-26-17/h3-9,11,17,25-26H,10H2,1-2H3,(H2,22,23,24,27). The highest BCUT2D eigenvalue weighted by molar-refractivity contribution is 6.31. The maximum atomic E-state index is 13.4. The molecule has 0 fully saturated rings. The van der Waals surface area contributed by atoms with E-state index in [-0.39, 0.29) is 17.9 Å². The molecule has 1 aliphatic rings. The summed E-state index contributed by atoms with van der Waals surface area (Å²) in [7, 11) is 0. The highest BCUT2D eigenvalue weighted by Crippen LogP contribution is 2.27. The van der Waals surface area contributed by atoms with Crippen molar-refractivity contribution in [2.24, 2.45) is 10.9 Å². The molecule has 8 heteroatoms. The predicted molar refractivity (Wildman–Crippen MR) is 105 cm³/mol. The number of hydrogen-bond donors (Lipinski definition) is 4. The van der Waals surface area contributed by atoms with E-state index in [1.807, 2.05) is 13.8 Å². The molecule has 142 valence electrons. The van der Waals surface area contributed by atoms with Crippen LogP contribution in [0, 0.1) is 11.7 Å². The number of hydrogen-bond acceptors (Lipinski definition) is 4. The van der Waals surface area contributed by atoms with Gasteiger partial charge in [-0.3, -0.25) is 15.1 Å². The van der Waals surface area contributed by atoms with E-state index in [0.29, 0.717) is 34.7 Å². The summed E-state index contributed by atoms with van der Waals surface area (Å²) < 4.78 is 13.4. The Balaban J connectivity index is 1.77. The van der Waals surface area contributed by atoms with Crippen molar-refractivity contribution >= 4 is 29.2 Å². The van der Waals surface area contributed by atoms with Crippen molar-refractivity contribution in [2.75, 3.05) is 12.0 Å². The van der Waals surface area contributed by atoms with E-state index in [9.17, 15) is 9.18 Å². The molecule has 0 saturated heterocycles. The van der Waals surface area contributed by atoms with Gasteiger partial charge in [0.05, 0.1) is 5.69 Å². The van der Waals surface area contributed by atoms with Gasteiger partial charge in [0.25, 0.3) is 5.91 Å². The number of nitrogens with one attached hydrogen (secondary N) is 4. The lowest BCUT2D eigenvalue weighted by Crippen LogP contribution is -2.46. The van der Waals surface area contributed by atoms with Crippen molar-refractivity contribution in [2.45, 2.75) is 20.0 Å². The van der Waals surface area contributed by atoms with Gasteiger partial charge in [0.2, 0.25) is 0 Å².